The average Bonchev–Trinajstić information content (AvgIpc) is 2.97. The Kier molecular flexibility index (Phi) is 5.48. The minimum absolute atomic E-state index is 0.0372. The SMILES string of the molecule is CC(CCC(=O)NC=O)N1Cc2cc(C3CCNCC3)ccc2C1=O. The molecule has 0 saturated carbocycles. The molecule has 0 radical (unpaired) electrons. The first kappa shape index (κ1) is 17.6. The predicted molar refractivity (Wildman–Crippen MR) is 94.1 cm³/mol. The molecule has 1 aromatic rings. The number of piperidine rings is 1. The van der Waals surface area contributed by atoms with Crippen LogP contribution in [0, 0.1) is 0 Å². The Morgan fingerprint density at radius 2 is 2.16 bits per heavy atom. The first-order chi connectivity index (χ1) is 12.1. The minimum Gasteiger partial charge on any atom is -0.332 e. The molecule has 134 valence electrons. The monoisotopic (exact) mass is 343 g/mol. The van der Waals surface area contributed by atoms with Gasteiger partial charge in [-0.3, -0.25) is 19.7 Å². The van der Waals surface area contributed by atoms with Gasteiger partial charge in [-0.2, -0.15) is 0 Å². The quantitative estimate of drug-likeness (QED) is 0.768. The minimum atomic E-state index is -0.306. The van der Waals surface area contributed by atoms with Crippen molar-refractivity contribution in [2.75, 3.05) is 13.1 Å². The largest absolute Gasteiger partial charge is 0.332 e. The fraction of sp³-hybridized carbons (Fsp3) is 0.526. The maximum Gasteiger partial charge on any atom is 0.254 e. The van der Waals surface area contributed by atoms with E-state index in [0.29, 0.717) is 25.3 Å². The topological polar surface area (TPSA) is 78.5 Å². The number of rotatable bonds is 6. The van der Waals surface area contributed by atoms with Crippen LogP contribution in [0.1, 0.15) is 60.0 Å². The number of nitrogens with one attached hydrogen (secondary N) is 2. The maximum absolute atomic E-state index is 12.7. The summed E-state index contributed by atoms with van der Waals surface area (Å²) in [5.74, 6) is 0.300. The third-order valence-corrected chi connectivity index (χ3v) is 5.31. The summed E-state index contributed by atoms with van der Waals surface area (Å²) >= 11 is 0. The number of carbonyl (C=O) groups excluding carboxylic acids is 3. The van der Waals surface area contributed by atoms with Crippen LogP contribution in [0.5, 0.6) is 0 Å². The average molecular weight is 343 g/mol. The Balaban J connectivity index is 1.65. The molecule has 25 heavy (non-hydrogen) atoms. The van der Waals surface area contributed by atoms with Crippen molar-refractivity contribution < 1.29 is 14.4 Å². The molecule has 0 bridgehead atoms. The lowest BCUT2D eigenvalue weighted by molar-refractivity contribution is -0.125. The van der Waals surface area contributed by atoms with Gasteiger partial charge in [-0.25, -0.2) is 0 Å². The molecular weight excluding hydrogens is 318 g/mol. The molecule has 2 aliphatic rings. The molecule has 1 aromatic carbocycles. The van der Waals surface area contributed by atoms with E-state index in [1.165, 1.54) is 5.56 Å². The van der Waals surface area contributed by atoms with Gasteiger partial charge in [0.2, 0.25) is 12.3 Å². The van der Waals surface area contributed by atoms with Crippen LogP contribution < -0.4 is 10.6 Å². The number of nitrogens with zero attached hydrogens (tertiary/aromatic N) is 1. The second-order valence-electron chi connectivity index (χ2n) is 6.95. The molecule has 0 aliphatic carbocycles. The fourth-order valence-electron chi connectivity index (χ4n) is 3.76. The number of amides is 3. The first-order valence-electron chi connectivity index (χ1n) is 8.97. The summed E-state index contributed by atoms with van der Waals surface area (Å²) in [6.07, 6.45) is 3.45. The molecule has 6 heteroatoms. The lowest BCUT2D eigenvalue weighted by Gasteiger charge is -2.24. The van der Waals surface area contributed by atoms with Crippen LogP contribution >= 0.6 is 0 Å². The highest BCUT2D eigenvalue weighted by atomic mass is 16.2. The highest BCUT2D eigenvalue weighted by molar-refractivity contribution is 5.98. The number of hydrogen-bond acceptors (Lipinski definition) is 4. The van der Waals surface area contributed by atoms with Gasteiger partial charge in [0.1, 0.15) is 0 Å². The zero-order chi connectivity index (χ0) is 17.8. The Hall–Kier alpha value is -2.21. The number of fused-ring (bicyclic) bond motifs is 1. The molecular formula is C19H25N3O3. The van der Waals surface area contributed by atoms with Crippen molar-refractivity contribution in [2.24, 2.45) is 0 Å². The van der Waals surface area contributed by atoms with Crippen molar-refractivity contribution in [1.82, 2.24) is 15.5 Å². The molecule has 0 aromatic heterocycles. The Morgan fingerprint density at radius 1 is 1.40 bits per heavy atom. The van der Waals surface area contributed by atoms with Gasteiger partial charge in [0.25, 0.3) is 5.91 Å². The van der Waals surface area contributed by atoms with E-state index >= 15 is 0 Å². The van der Waals surface area contributed by atoms with Crippen LogP contribution in [-0.2, 0) is 16.1 Å². The number of imide groups is 1. The third kappa shape index (κ3) is 3.90. The summed E-state index contributed by atoms with van der Waals surface area (Å²) < 4.78 is 0. The summed E-state index contributed by atoms with van der Waals surface area (Å²) in [7, 11) is 0. The van der Waals surface area contributed by atoms with Gasteiger partial charge in [0.15, 0.2) is 0 Å². The van der Waals surface area contributed by atoms with Crippen LogP contribution in [0.25, 0.3) is 0 Å². The number of hydrogen-bond donors (Lipinski definition) is 2. The number of carbonyl (C=O) groups is 3. The Bertz CT molecular complexity index is 668. The van der Waals surface area contributed by atoms with E-state index in [9.17, 15) is 14.4 Å². The zero-order valence-corrected chi connectivity index (χ0v) is 14.6. The van der Waals surface area contributed by atoms with Gasteiger partial charge < -0.3 is 10.2 Å². The zero-order valence-electron chi connectivity index (χ0n) is 14.6. The van der Waals surface area contributed by atoms with Crippen molar-refractivity contribution in [3.63, 3.8) is 0 Å². The maximum atomic E-state index is 12.7. The van der Waals surface area contributed by atoms with Gasteiger partial charge in [0, 0.05) is 24.6 Å². The standard InChI is InChI=1S/C19H25N3O3/c1-13(2-5-18(24)21-12-23)22-11-16-10-15(3-4-17(16)19(22)25)14-6-8-20-9-7-14/h3-4,10,12-14,20H,2,5-9,11H2,1H3,(H,21,23,24). The number of benzene rings is 1. The highest BCUT2D eigenvalue weighted by Crippen LogP contribution is 2.31. The van der Waals surface area contributed by atoms with E-state index in [1.807, 2.05) is 17.9 Å². The predicted octanol–water partition coefficient (Wildman–Crippen LogP) is 1.55. The molecule has 3 amide bonds. The lowest BCUT2D eigenvalue weighted by Crippen LogP contribution is -2.34. The van der Waals surface area contributed by atoms with Crippen LogP contribution in [0.4, 0.5) is 0 Å². The molecule has 1 atom stereocenters. The molecule has 1 fully saturated rings. The van der Waals surface area contributed by atoms with E-state index in [1.54, 1.807) is 0 Å². The molecule has 2 heterocycles. The van der Waals surface area contributed by atoms with E-state index < -0.39 is 0 Å². The van der Waals surface area contributed by atoms with Gasteiger partial charge in [-0.15, -0.1) is 0 Å². The van der Waals surface area contributed by atoms with Crippen molar-refractivity contribution in [3.8, 4) is 0 Å². The van der Waals surface area contributed by atoms with E-state index in [-0.39, 0.29) is 24.3 Å². The van der Waals surface area contributed by atoms with E-state index in [0.717, 1.165) is 37.1 Å². The molecule has 1 unspecified atom stereocenters. The van der Waals surface area contributed by atoms with Crippen LogP contribution in [0.3, 0.4) is 0 Å². The molecule has 2 N–H and O–H groups in total. The van der Waals surface area contributed by atoms with Gasteiger partial charge in [0.05, 0.1) is 0 Å². The van der Waals surface area contributed by atoms with E-state index in [4.69, 9.17) is 0 Å². The van der Waals surface area contributed by atoms with Gasteiger partial charge >= 0.3 is 0 Å². The summed E-state index contributed by atoms with van der Waals surface area (Å²) in [5.41, 5.74) is 3.19. The smallest absolute Gasteiger partial charge is 0.254 e. The normalized spacial score (nSPS) is 18.8. The Morgan fingerprint density at radius 3 is 2.88 bits per heavy atom. The summed E-state index contributed by atoms with van der Waals surface area (Å²) in [6.45, 7) is 4.65. The lowest BCUT2D eigenvalue weighted by atomic mass is 9.88. The van der Waals surface area contributed by atoms with Crippen LogP contribution in [0.15, 0.2) is 18.2 Å². The van der Waals surface area contributed by atoms with Gasteiger partial charge in [-0.05, 0) is 62.4 Å². The van der Waals surface area contributed by atoms with Crippen molar-refractivity contribution in [2.45, 2.75) is 51.1 Å². The molecule has 0 spiro atoms. The molecule has 3 rings (SSSR count). The molecule has 6 nitrogen and oxygen atoms in total. The molecule has 1 saturated heterocycles. The van der Waals surface area contributed by atoms with E-state index in [2.05, 4.69) is 22.8 Å². The van der Waals surface area contributed by atoms with Crippen LogP contribution in [-0.4, -0.2) is 42.3 Å². The summed E-state index contributed by atoms with van der Waals surface area (Å²) in [6, 6.07) is 6.20. The first-order valence-corrected chi connectivity index (χ1v) is 8.97. The summed E-state index contributed by atoms with van der Waals surface area (Å²) in [5, 5.41) is 5.52. The third-order valence-electron chi connectivity index (χ3n) is 5.31. The fourth-order valence-corrected chi connectivity index (χ4v) is 3.76. The second kappa shape index (κ2) is 7.78. The second-order valence-corrected chi connectivity index (χ2v) is 6.95. The Labute approximate surface area is 148 Å². The molecule has 2 aliphatic heterocycles. The summed E-state index contributed by atoms with van der Waals surface area (Å²) in [4.78, 5) is 36.2. The van der Waals surface area contributed by atoms with Crippen molar-refractivity contribution in [3.05, 3.63) is 34.9 Å². The highest BCUT2D eigenvalue weighted by Gasteiger charge is 2.31. The van der Waals surface area contributed by atoms with Crippen molar-refractivity contribution in [1.29, 1.82) is 0 Å². The van der Waals surface area contributed by atoms with Crippen molar-refractivity contribution >= 4 is 18.2 Å². The van der Waals surface area contributed by atoms with Crippen LogP contribution in [0.2, 0.25) is 0 Å². The van der Waals surface area contributed by atoms with Gasteiger partial charge in [-0.1, -0.05) is 12.1 Å².